The number of aliphatic hydroxyl groups is 3. The van der Waals surface area contributed by atoms with Gasteiger partial charge in [0.25, 0.3) is 10.1 Å². The monoisotopic (exact) mass is 515 g/mol. The van der Waals surface area contributed by atoms with Crippen LogP contribution in [0.1, 0.15) is 78.6 Å². The van der Waals surface area contributed by atoms with E-state index >= 15 is 0 Å². The fourth-order valence-corrected chi connectivity index (χ4v) is 9.46. The number of nitrogens with one attached hydrogen (secondary N) is 1. The predicted molar refractivity (Wildman–Crippen MR) is 132 cm³/mol. The van der Waals surface area contributed by atoms with Crippen molar-refractivity contribution in [1.82, 2.24) is 5.32 Å². The molecule has 0 heterocycles. The topological polar surface area (TPSA) is 144 Å². The second-order valence-corrected chi connectivity index (χ2v) is 14.2. The van der Waals surface area contributed by atoms with Gasteiger partial charge in [0, 0.05) is 13.0 Å². The number of amides is 1. The van der Waals surface area contributed by atoms with Crippen LogP contribution in [-0.4, -0.2) is 64.8 Å². The Morgan fingerprint density at radius 1 is 1.06 bits per heavy atom. The molecule has 0 aromatic rings. The Labute approximate surface area is 210 Å². The Kier molecular flexibility index (Phi) is 7.69. The lowest BCUT2D eigenvalue weighted by atomic mass is 9.43. The van der Waals surface area contributed by atoms with Gasteiger partial charge in [-0.15, -0.1) is 0 Å². The average molecular weight is 516 g/mol. The van der Waals surface area contributed by atoms with Gasteiger partial charge >= 0.3 is 0 Å². The second kappa shape index (κ2) is 9.86. The number of hydrogen-bond donors (Lipinski definition) is 5. The van der Waals surface area contributed by atoms with Gasteiger partial charge in [-0.05, 0) is 97.7 Å². The van der Waals surface area contributed by atoms with Gasteiger partial charge in [-0.3, -0.25) is 9.35 Å². The second-order valence-electron chi connectivity index (χ2n) is 12.7. The molecule has 0 aromatic heterocycles. The summed E-state index contributed by atoms with van der Waals surface area (Å²) in [5.74, 6) is 0.705. The summed E-state index contributed by atoms with van der Waals surface area (Å²) in [6.07, 6.45) is 5.67. The van der Waals surface area contributed by atoms with Crippen LogP contribution in [0.5, 0.6) is 0 Å². The van der Waals surface area contributed by atoms with Crippen LogP contribution in [0, 0.1) is 46.3 Å². The van der Waals surface area contributed by atoms with Crippen LogP contribution in [0.15, 0.2) is 0 Å². The summed E-state index contributed by atoms with van der Waals surface area (Å²) in [6, 6.07) is 0. The van der Waals surface area contributed by atoms with Gasteiger partial charge < -0.3 is 20.6 Å². The molecule has 0 aliphatic heterocycles. The third-order valence-corrected chi connectivity index (χ3v) is 11.7. The Hall–Kier alpha value is -0.740. The van der Waals surface area contributed by atoms with Crippen LogP contribution in [0.2, 0.25) is 0 Å². The summed E-state index contributed by atoms with van der Waals surface area (Å²) < 4.78 is 30.5. The summed E-state index contributed by atoms with van der Waals surface area (Å²) in [5, 5.41) is 35.8. The Morgan fingerprint density at radius 3 is 2.46 bits per heavy atom. The van der Waals surface area contributed by atoms with Gasteiger partial charge in [0.2, 0.25) is 5.91 Å². The minimum Gasteiger partial charge on any atom is -0.393 e. The van der Waals surface area contributed by atoms with Crippen molar-refractivity contribution in [2.75, 3.05) is 12.3 Å². The normalized spacial score (nSPS) is 46.3. The Balaban J connectivity index is 1.43. The molecular weight excluding hydrogens is 470 g/mol. The molecule has 4 aliphatic carbocycles. The van der Waals surface area contributed by atoms with E-state index in [0.29, 0.717) is 18.8 Å². The average Bonchev–Trinajstić information content (AvgIpc) is 3.12. The summed E-state index contributed by atoms with van der Waals surface area (Å²) in [4.78, 5) is 12.2. The van der Waals surface area contributed by atoms with Gasteiger partial charge in [0.05, 0.1) is 24.1 Å². The van der Waals surface area contributed by atoms with Gasteiger partial charge in [-0.2, -0.15) is 8.42 Å². The van der Waals surface area contributed by atoms with Crippen LogP contribution in [0.3, 0.4) is 0 Å². The molecule has 4 rings (SSSR count). The number of aliphatic hydroxyl groups excluding tert-OH is 3. The number of rotatable bonds is 7. The van der Waals surface area contributed by atoms with E-state index in [2.05, 4.69) is 26.1 Å². The molecule has 4 fully saturated rings. The van der Waals surface area contributed by atoms with Crippen molar-refractivity contribution in [2.45, 2.75) is 96.9 Å². The van der Waals surface area contributed by atoms with E-state index in [4.69, 9.17) is 4.55 Å². The maximum Gasteiger partial charge on any atom is 0.266 e. The Morgan fingerprint density at radius 2 is 1.77 bits per heavy atom. The molecule has 5 N–H and O–H groups in total. The maximum atomic E-state index is 12.2. The van der Waals surface area contributed by atoms with E-state index in [-0.39, 0.29) is 65.4 Å². The lowest BCUT2D eigenvalue weighted by Crippen LogP contribution is -2.62. The molecule has 0 bridgehead atoms. The highest BCUT2D eigenvalue weighted by Crippen LogP contribution is 2.68. The van der Waals surface area contributed by atoms with Crippen molar-refractivity contribution in [1.29, 1.82) is 0 Å². The lowest BCUT2D eigenvalue weighted by molar-refractivity contribution is -0.207. The van der Waals surface area contributed by atoms with Crippen molar-refractivity contribution in [3.63, 3.8) is 0 Å². The first-order chi connectivity index (χ1) is 16.3. The van der Waals surface area contributed by atoms with Gasteiger partial charge in [-0.1, -0.05) is 20.8 Å². The zero-order chi connectivity index (χ0) is 25.8. The molecule has 7 unspecified atom stereocenters. The zero-order valence-corrected chi connectivity index (χ0v) is 22.2. The summed E-state index contributed by atoms with van der Waals surface area (Å²) in [7, 11) is -4.10. The standard InChI is InChI=1S/C26H45NO7S/c1-15(4-7-23(31)27-10-11-35(32,33)34)18-5-6-19-24-20(14-22(30)26(18,19)3)25(2)9-8-17(28)12-16(25)13-21(24)29/h15-22,24,28-30H,4-14H2,1-3H3,(H,27,31)(H,32,33,34)/t15-,16?,17-,18?,19?,20?,21-,22+,24?,25?,26?/m1/s1. The molecule has 8 nitrogen and oxygen atoms in total. The molecule has 0 aromatic carbocycles. The number of hydrogen-bond acceptors (Lipinski definition) is 6. The highest BCUT2D eigenvalue weighted by atomic mass is 32.2. The quantitative estimate of drug-likeness (QED) is 0.327. The van der Waals surface area contributed by atoms with Gasteiger partial charge in [0.1, 0.15) is 0 Å². The SMILES string of the molecule is C[C@H](CCC(=O)NCCS(=O)(=O)O)C1CCC2C3C(C[C@H](O)C21C)C1(C)CC[C@@H](O)CC1C[C@H]3O. The summed E-state index contributed by atoms with van der Waals surface area (Å²) in [6.45, 7) is 6.56. The van der Waals surface area contributed by atoms with Crippen LogP contribution in [-0.2, 0) is 14.9 Å². The van der Waals surface area contributed by atoms with Crippen LogP contribution >= 0.6 is 0 Å². The zero-order valence-electron chi connectivity index (χ0n) is 21.4. The number of carbonyl (C=O) groups is 1. The Bertz CT molecular complexity index is 896. The molecular formula is C26H45NO7S. The summed E-state index contributed by atoms with van der Waals surface area (Å²) >= 11 is 0. The third kappa shape index (κ3) is 5.05. The number of fused-ring (bicyclic) bond motifs is 5. The van der Waals surface area contributed by atoms with Gasteiger partial charge in [0.15, 0.2) is 0 Å². The first kappa shape index (κ1) is 27.3. The molecule has 0 saturated heterocycles. The number of carbonyl (C=O) groups excluding carboxylic acids is 1. The third-order valence-electron chi connectivity index (χ3n) is 11.0. The first-order valence-corrected chi connectivity index (χ1v) is 15.1. The van der Waals surface area contributed by atoms with E-state index in [1.165, 1.54) is 0 Å². The smallest absolute Gasteiger partial charge is 0.266 e. The molecule has 0 spiro atoms. The van der Waals surface area contributed by atoms with Crippen LogP contribution in [0.4, 0.5) is 0 Å². The first-order valence-electron chi connectivity index (χ1n) is 13.5. The molecule has 0 radical (unpaired) electrons. The van der Waals surface area contributed by atoms with Crippen molar-refractivity contribution in [3.05, 3.63) is 0 Å². The molecule has 9 heteroatoms. The lowest BCUT2D eigenvalue weighted by Gasteiger charge is -2.63. The molecule has 1 amide bonds. The highest BCUT2D eigenvalue weighted by molar-refractivity contribution is 7.85. The fourth-order valence-electron chi connectivity index (χ4n) is 9.10. The predicted octanol–water partition coefficient (Wildman–Crippen LogP) is 2.37. The maximum absolute atomic E-state index is 12.2. The van der Waals surface area contributed by atoms with Gasteiger partial charge in [-0.25, -0.2) is 0 Å². The minimum atomic E-state index is -4.10. The van der Waals surface area contributed by atoms with Crippen molar-refractivity contribution < 1.29 is 33.1 Å². The largest absolute Gasteiger partial charge is 0.393 e. The molecule has 35 heavy (non-hydrogen) atoms. The van der Waals surface area contributed by atoms with E-state index in [9.17, 15) is 28.5 Å². The van der Waals surface area contributed by atoms with Crippen LogP contribution in [0.25, 0.3) is 0 Å². The van der Waals surface area contributed by atoms with Crippen molar-refractivity contribution in [2.24, 2.45) is 46.3 Å². The van der Waals surface area contributed by atoms with Crippen molar-refractivity contribution >= 4 is 16.0 Å². The molecule has 11 atom stereocenters. The fraction of sp³-hybridized carbons (Fsp3) is 0.962. The molecule has 4 saturated carbocycles. The van der Waals surface area contributed by atoms with E-state index in [1.54, 1.807) is 0 Å². The molecule has 4 aliphatic rings. The highest BCUT2D eigenvalue weighted by Gasteiger charge is 2.65. The van der Waals surface area contributed by atoms with E-state index in [1.807, 2.05) is 0 Å². The van der Waals surface area contributed by atoms with E-state index < -0.39 is 28.1 Å². The summed E-state index contributed by atoms with van der Waals surface area (Å²) in [5.41, 5.74) is -0.254. The van der Waals surface area contributed by atoms with Crippen LogP contribution < -0.4 is 5.32 Å². The molecule has 202 valence electrons. The van der Waals surface area contributed by atoms with E-state index in [0.717, 1.165) is 38.5 Å². The van der Waals surface area contributed by atoms with Crippen molar-refractivity contribution in [3.8, 4) is 0 Å². The minimum absolute atomic E-state index is 0.0509.